The van der Waals surface area contributed by atoms with E-state index in [2.05, 4.69) is 5.32 Å². The largest absolute Gasteiger partial charge is 0.369 e. The molecule has 1 aromatic carbocycles. The van der Waals surface area contributed by atoms with Gasteiger partial charge in [0.2, 0.25) is 11.8 Å². The van der Waals surface area contributed by atoms with E-state index in [0.29, 0.717) is 25.9 Å². The Morgan fingerprint density at radius 2 is 2.00 bits per heavy atom. The molecule has 0 spiro atoms. The maximum absolute atomic E-state index is 13.6. The van der Waals surface area contributed by atoms with Gasteiger partial charge in [-0.15, -0.1) is 0 Å². The second kappa shape index (κ2) is 6.99. The summed E-state index contributed by atoms with van der Waals surface area (Å²) < 4.78 is 39.7. The van der Waals surface area contributed by atoms with Crippen molar-refractivity contribution < 1.29 is 22.8 Å². The van der Waals surface area contributed by atoms with Gasteiger partial charge in [-0.25, -0.2) is 13.2 Å². The number of hydrogen-bond acceptors (Lipinski definition) is 3. The number of primary amides is 1. The summed E-state index contributed by atoms with van der Waals surface area (Å²) >= 11 is 0. The van der Waals surface area contributed by atoms with Gasteiger partial charge in [0.1, 0.15) is 0 Å². The van der Waals surface area contributed by atoms with Crippen molar-refractivity contribution in [1.82, 2.24) is 4.90 Å². The normalized spacial score (nSPS) is 20.1. The molecule has 0 unspecified atom stereocenters. The number of nitrogens with one attached hydrogen (secondary N) is 1. The van der Waals surface area contributed by atoms with Gasteiger partial charge in [-0.1, -0.05) is 0 Å². The standard InChI is InChI=1S/C15H18F3N3O2/c1-8(21-6-2-3-9(7-21)14(19)22)15(23)20-11-5-4-10(16)12(17)13(11)18/h4-5,8-9H,2-3,6-7H2,1H3,(H2,19,22)(H,20,23)/t8-,9-/m0/s1. The molecule has 1 aliphatic heterocycles. The van der Waals surface area contributed by atoms with Gasteiger partial charge in [0, 0.05) is 6.54 Å². The Hall–Kier alpha value is -2.09. The molecule has 0 aliphatic carbocycles. The van der Waals surface area contributed by atoms with Gasteiger partial charge in [0.15, 0.2) is 17.5 Å². The topological polar surface area (TPSA) is 75.4 Å². The lowest BCUT2D eigenvalue weighted by atomic mass is 9.96. The van der Waals surface area contributed by atoms with Gasteiger partial charge in [-0.05, 0) is 38.4 Å². The SMILES string of the molecule is C[C@@H](C(=O)Nc1ccc(F)c(F)c1F)N1CCC[C@H](C(N)=O)C1. The van der Waals surface area contributed by atoms with Crippen LogP contribution in [0.5, 0.6) is 0 Å². The van der Waals surface area contributed by atoms with E-state index in [1.165, 1.54) is 0 Å². The van der Waals surface area contributed by atoms with E-state index in [9.17, 15) is 22.8 Å². The number of carbonyl (C=O) groups is 2. The summed E-state index contributed by atoms with van der Waals surface area (Å²) in [5, 5.41) is 2.24. The van der Waals surface area contributed by atoms with Gasteiger partial charge >= 0.3 is 0 Å². The quantitative estimate of drug-likeness (QED) is 0.825. The average Bonchev–Trinajstić information content (AvgIpc) is 2.54. The molecular formula is C15H18F3N3O2. The van der Waals surface area contributed by atoms with Gasteiger partial charge in [-0.3, -0.25) is 14.5 Å². The third-order valence-corrected chi connectivity index (χ3v) is 4.08. The smallest absolute Gasteiger partial charge is 0.241 e. The van der Waals surface area contributed by atoms with Crippen LogP contribution < -0.4 is 11.1 Å². The Kier molecular flexibility index (Phi) is 5.25. The average molecular weight is 329 g/mol. The van der Waals surface area contributed by atoms with E-state index in [1.807, 2.05) is 0 Å². The number of halogens is 3. The Morgan fingerprint density at radius 1 is 1.30 bits per heavy atom. The molecule has 2 atom stereocenters. The Balaban J connectivity index is 2.05. The zero-order valence-electron chi connectivity index (χ0n) is 12.6. The lowest BCUT2D eigenvalue weighted by Gasteiger charge is -2.34. The zero-order chi connectivity index (χ0) is 17.1. The van der Waals surface area contributed by atoms with E-state index in [4.69, 9.17) is 5.73 Å². The van der Waals surface area contributed by atoms with E-state index < -0.39 is 41.0 Å². The van der Waals surface area contributed by atoms with Crippen LogP contribution in [-0.4, -0.2) is 35.8 Å². The predicted molar refractivity (Wildman–Crippen MR) is 77.9 cm³/mol. The summed E-state index contributed by atoms with van der Waals surface area (Å²) in [6.07, 6.45) is 1.38. The summed E-state index contributed by atoms with van der Waals surface area (Å²) in [4.78, 5) is 25.2. The highest BCUT2D eigenvalue weighted by molar-refractivity contribution is 5.94. The van der Waals surface area contributed by atoms with E-state index in [0.717, 1.165) is 12.1 Å². The van der Waals surface area contributed by atoms with Crippen LogP contribution in [0.4, 0.5) is 18.9 Å². The van der Waals surface area contributed by atoms with Crippen molar-refractivity contribution in [3.8, 4) is 0 Å². The number of anilines is 1. The number of rotatable bonds is 4. The van der Waals surface area contributed by atoms with Crippen LogP contribution in [-0.2, 0) is 9.59 Å². The van der Waals surface area contributed by atoms with Crippen LogP contribution in [0.25, 0.3) is 0 Å². The van der Waals surface area contributed by atoms with E-state index in [-0.39, 0.29) is 5.92 Å². The molecule has 23 heavy (non-hydrogen) atoms. The highest BCUT2D eigenvalue weighted by Gasteiger charge is 2.30. The molecule has 0 radical (unpaired) electrons. The molecule has 1 fully saturated rings. The molecule has 5 nitrogen and oxygen atoms in total. The van der Waals surface area contributed by atoms with Crippen LogP contribution in [0.2, 0.25) is 0 Å². The molecule has 0 saturated carbocycles. The van der Waals surface area contributed by atoms with Crippen LogP contribution >= 0.6 is 0 Å². The molecule has 0 bridgehead atoms. The molecule has 1 aromatic rings. The Bertz CT molecular complexity index is 624. The third kappa shape index (κ3) is 3.82. The molecule has 1 saturated heterocycles. The second-order valence-electron chi connectivity index (χ2n) is 5.62. The van der Waals surface area contributed by atoms with Gasteiger partial charge in [0.25, 0.3) is 0 Å². The first-order valence-corrected chi connectivity index (χ1v) is 7.29. The van der Waals surface area contributed by atoms with Gasteiger partial charge in [0.05, 0.1) is 17.6 Å². The maximum atomic E-state index is 13.6. The monoisotopic (exact) mass is 329 g/mol. The minimum Gasteiger partial charge on any atom is -0.369 e. The minimum atomic E-state index is -1.64. The fraction of sp³-hybridized carbons (Fsp3) is 0.467. The summed E-state index contributed by atoms with van der Waals surface area (Å²) in [6.45, 7) is 2.53. The third-order valence-electron chi connectivity index (χ3n) is 4.08. The van der Waals surface area contributed by atoms with Gasteiger partial charge < -0.3 is 11.1 Å². The molecule has 2 amide bonds. The molecule has 126 valence electrons. The molecule has 1 heterocycles. The number of benzene rings is 1. The number of amides is 2. The molecule has 3 N–H and O–H groups in total. The van der Waals surface area contributed by atoms with Crippen molar-refractivity contribution in [3.05, 3.63) is 29.6 Å². The fourth-order valence-corrected chi connectivity index (χ4v) is 2.62. The molecule has 8 heteroatoms. The Labute approximate surface area is 131 Å². The molecular weight excluding hydrogens is 311 g/mol. The number of likely N-dealkylation sites (tertiary alicyclic amines) is 1. The summed E-state index contributed by atoms with van der Waals surface area (Å²) in [6, 6.07) is 1.04. The lowest BCUT2D eigenvalue weighted by Crippen LogP contribution is -2.49. The van der Waals surface area contributed by atoms with Crippen molar-refractivity contribution in [2.75, 3.05) is 18.4 Å². The number of nitrogens with zero attached hydrogens (tertiary/aromatic N) is 1. The minimum absolute atomic E-state index is 0.334. The lowest BCUT2D eigenvalue weighted by molar-refractivity contribution is -0.127. The van der Waals surface area contributed by atoms with Crippen molar-refractivity contribution in [3.63, 3.8) is 0 Å². The highest BCUT2D eigenvalue weighted by Crippen LogP contribution is 2.22. The highest BCUT2D eigenvalue weighted by atomic mass is 19.2. The van der Waals surface area contributed by atoms with Crippen LogP contribution in [0.3, 0.4) is 0 Å². The van der Waals surface area contributed by atoms with Crippen molar-refractivity contribution >= 4 is 17.5 Å². The van der Waals surface area contributed by atoms with Crippen LogP contribution in [0.1, 0.15) is 19.8 Å². The maximum Gasteiger partial charge on any atom is 0.241 e. The molecule has 1 aliphatic rings. The predicted octanol–water partition coefficient (Wildman–Crippen LogP) is 1.63. The summed E-state index contributed by atoms with van der Waals surface area (Å²) in [5.41, 5.74) is 4.86. The van der Waals surface area contributed by atoms with Crippen molar-refractivity contribution in [2.24, 2.45) is 11.7 Å². The number of piperidine rings is 1. The van der Waals surface area contributed by atoms with E-state index in [1.54, 1.807) is 11.8 Å². The van der Waals surface area contributed by atoms with Crippen molar-refractivity contribution in [1.29, 1.82) is 0 Å². The number of nitrogens with two attached hydrogens (primary N) is 1. The Morgan fingerprint density at radius 3 is 2.65 bits per heavy atom. The van der Waals surface area contributed by atoms with Crippen molar-refractivity contribution in [2.45, 2.75) is 25.8 Å². The first-order chi connectivity index (χ1) is 10.8. The fourth-order valence-electron chi connectivity index (χ4n) is 2.62. The first-order valence-electron chi connectivity index (χ1n) is 7.29. The molecule has 0 aromatic heterocycles. The number of hydrogen-bond donors (Lipinski definition) is 2. The number of carbonyl (C=O) groups excluding carboxylic acids is 2. The van der Waals surface area contributed by atoms with Gasteiger partial charge in [-0.2, -0.15) is 0 Å². The summed E-state index contributed by atoms with van der Waals surface area (Å²) in [7, 11) is 0. The first kappa shape index (κ1) is 17.3. The molecule has 2 rings (SSSR count). The second-order valence-corrected chi connectivity index (χ2v) is 5.62. The summed E-state index contributed by atoms with van der Waals surface area (Å²) in [5.74, 6) is -5.73. The van der Waals surface area contributed by atoms with Crippen LogP contribution in [0, 0.1) is 23.4 Å². The van der Waals surface area contributed by atoms with Crippen LogP contribution in [0.15, 0.2) is 12.1 Å². The zero-order valence-corrected chi connectivity index (χ0v) is 12.6. The van der Waals surface area contributed by atoms with E-state index >= 15 is 0 Å².